The minimum absolute atomic E-state index is 0.307. The number of aryl methyl sites for hydroxylation is 2. The highest BCUT2D eigenvalue weighted by atomic mass is 32.1. The van der Waals surface area contributed by atoms with E-state index in [4.69, 9.17) is 17.0 Å². The summed E-state index contributed by atoms with van der Waals surface area (Å²) < 4.78 is 7.55. The molecule has 0 saturated carbocycles. The van der Waals surface area contributed by atoms with E-state index in [0.29, 0.717) is 11.2 Å². The summed E-state index contributed by atoms with van der Waals surface area (Å²) in [6, 6.07) is 10.6. The van der Waals surface area contributed by atoms with E-state index in [-0.39, 0.29) is 0 Å². The standard InChI is InChI=1S/C19H26N4OS/c1-14-12-15(2)23(22-14)17-7-5-16(6-8-17)9-10-20-19(25)21-13-18-4-3-11-24-18/h5-8,12,18H,3-4,9-11,13H2,1-2H3,(H2,20,21,25). The zero-order chi connectivity index (χ0) is 17.6. The van der Waals surface area contributed by atoms with Crippen LogP contribution in [0.25, 0.3) is 5.69 Å². The largest absolute Gasteiger partial charge is 0.376 e. The smallest absolute Gasteiger partial charge is 0.166 e. The monoisotopic (exact) mass is 358 g/mol. The van der Waals surface area contributed by atoms with Crippen molar-refractivity contribution in [2.24, 2.45) is 0 Å². The van der Waals surface area contributed by atoms with Gasteiger partial charge in [0.05, 0.1) is 17.5 Å². The van der Waals surface area contributed by atoms with Crippen LogP contribution >= 0.6 is 12.2 Å². The van der Waals surface area contributed by atoms with Crippen molar-refractivity contribution in [1.29, 1.82) is 0 Å². The van der Waals surface area contributed by atoms with Gasteiger partial charge < -0.3 is 15.4 Å². The van der Waals surface area contributed by atoms with Gasteiger partial charge in [-0.05, 0) is 69.1 Å². The Morgan fingerprint density at radius 3 is 2.72 bits per heavy atom. The van der Waals surface area contributed by atoms with Crippen LogP contribution in [0, 0.1) is 13.8 Å². The van der Waals surface area contributed by atoms with Gasteiger partial charge in [0.15, 0.2) is 5.11 Å². The molecule has 0 bridgehead atoms. The maximum absolute atomic E-state index is 5.58. The van der Waals surface area contributed by atoms with Gasteiger partial charge in [0, 0.05) is 25.4 Å². The number of rotatable bonds is 6. The second-order valence-corrected chi connectivity index (χ2v) is 6.94. The van der Waals surface area contributed by atoms with Crippen molar-refractivity contribution in [1.82, 2.24) is 20.4 Å². The van der Waals surface area contributed by atoms with Crippen molar-refractivity contribution in [3.8, 4) is 5.69 Å². The second kappa shape index (κ2) is 8.45. The highest BCUT2D eigenvalue weighted by Crippen LogP contribution is 2.13. The fourth-order valence-corrected chi connectivity index (χ4v) is 3.27. The van der Waals surface area contributed by atoms with Crippen molar-refractivity contribution in [2.45, 2.75) is 39.2 Å². The number of hydrogen-bond acceptors (Lipinski definition) is 3. The molecule has 2 N–H and O–H groups in total. The molecule has 1 fully saturated rings. The summed E-state index contributed by atoms with van der Waals surface area (Å²) in [6.07, 6.45) is 3.51. The molecule has 0 spiro atoms. The Hall–Kier alpha value is -1.92. The first-order chi connectivity index (χ1) is 12.1. The topological polar surface area (TPSA) is 51.1 Å². The predicted octanol–water partition coefficient (Wildman–Crippen LogP) is 2.67. The summed E-state index contributed by atoms with van der Waals surface area (Å²) in [5.41, 5.74) is 4.56. The van der Waals surface area contributed by atoms with Crippen molar-refractivity contribution in [3.63, 3.8) is 0 Å². The number of ether oxygens (including phenoxy) is 1. The van der Waals surface area contributed by atoms with Crippen LogP contribution in [-0.4, -0.2) is 40.7 Å². The van der Waals surface area contributed by atoms with Crippen molar-refractivity contribution in [3.05, 3.63) is 47.3 Å². The van der Waals surface area contributed by atoms with Gasteiger partial charge in [-0.3, -0.25) is 0 Å². The van der Waals surface area contributed by atoms with Crippen LogP contribution in [0.5, 0.6) is 0 Å². The molecule has 5 nitrogen and oxygen atoms in total. The van der Waals surface area contributed by atoms with Crippen LogP contribution in [0.2, 0.25) is 0 Å². The highest BCUT2D eigenvalue weighted by Gasteiger charge is 2.15. The maximum Gasteiger partial charge on any atom is 0.166 e. The van der Waals surface area contributed by atoms with Gasteiger partial charge in [0.1, 0.15) is 0 Å². The third-order valence-electron chi connectivity index (χ3n) is 4.40. The third-order valence-corrected chi connectivity index (χ3v) is 4.69. The van der Waals surface area contributed by atoms with Crippen LogP contribution in [0.4, 0.5) is 0 Å². The number of aromatic nitrogens is 2. The van der Waals surface area contributed by atoms with E-state index in [1.807, 2.05) is 11.6 Å². The predicted molar refractivity (Wildman–Crippen MR) is 104 cm³/mol. The minimum atomic E-state index is 0.307. The van der Waals surface area contributed by atoms with Gasteiger partial charge in [0.25, 0.3) is 0 Å². The Labute approximate surface area is 154 Å². The Morgan fingerprint density at radius 2 is 2.08 bits per heavy atom. The van der Waals surface area contributed by atoms with Gasteiger partial charge in [-0.2, -0.15) is 5.10 Å². The lowest BCUT2D eigenvalue weighted by atomic mass is 10.1. The quantitative estimate of drug-likeness (QED) is 0.778. The summed E-state index contributed by atoms with van der Waals surface area (Å²) in [6.45, 7) is 6.57. The Balaban J connectivity index is 1.42. The lowest BCUT2D eigenvalue weighted by Gasteiger charge is -2.14. The van der Waals surface area contributed by atoms with Gasteiger partial charge in [-0.1, -0.05) is 12.1 Å². The molecule has 2 aromatic rings. The Kier molecular flexibility index (Phi) is 6.04. The average molecular weight is 359 g/mol. The number of benzene rings is 1. The molecule has 1 saturated heterocycles. The molecule has 1 aromatic carbocycles. The lowest BCUT2D eigenvalue weighted by Crippen LogP contribution is -2.40. The van der Waals surface area contributed by atoms with Crippen LogP contribution in [0.1, 0.15) is 29.8 Å². The molecule has 0 amide bonds. The summed E-state index contributed by atoms with van der Waals surface area (Å²) in [5.74, 6) is 0. The van der Waals surface area contributed by atoms with Crippen LogP contribution < -0.4 is 10.6 Å². The molecule has 0 aliphatic carbocycles. The van der Waals surface area contributed by atoms with Crippen molar-refractivity contribution >= 4 is 17.3 Å². The molecule has 25 heavy (non-hydrogen) atoms. The molecule has 3 rings (SSSR count). The zero-order valence-corrected chi connectivity index (χ0v) is 15.7. The first-order valence-corrected chi connectivity index (χ1v) is 9.28. The molecular formula is C19H26N4OS. The summed E-state index contributed by atoms with van der Waals surface area (Å²) >= 11 is 5.32. The fourth-order valence-electron chi connectivity index (χ4n) is 3.09. The number of hydrogen-bond donors (Lipinski definition) is 2. The van der Waals surface area contributed by atoms with E-state index in [1.54, 1.807) is 0 Å². The number of thiocarbonyl (C=S) groups is 1. The summed E-state index contributed by atoms with van der Waals surface area (Å²) in [7, 11) is 0. The van der Waals surface area contributed by atoms with Gasteiger partial charge in [-0.15, -0.1) is 0 Å². The van der Waals surface area contributed by atoms with E-state index in [0.717, 1.165) is 56.0 Å². The second-order valence-electron chi connectivity index (χ2n) is 6.53. The lowest BCUT2D eigenvalue weighted by molar-refractivity contribution is 0.114. The first kappa shape index (κ1) is 17.9. The molecule has 1 aliphatic heterocycles. The SMILES string of the molecule is Cc1cc(C)n(-c2ccc(CCNC(=S)NCC3CCCO3)cc2)n1. The molecule has 1 aromatic heterocycles. The molecule has 1 aliphatic rings. The maximum atomic E-state index is 5.58. The van der Waals surface area contributed by atoms with Crippen LogP contribution in [-0.2, 0) is 11.2 Å². The molecule has 1 unspecified atom stereocenters. The molecular weight excluding hydrogens is 332 g/mol. The normalized spacial score (nSPS) is 16.8. The van der Waals surface area contributed by atoms with Crippen LogP contribution in [0.3, 0.4) is 0 Å². The van der Waals surface area contributed by atoms with Crippen LogP contribution in [0.15, 0.2) is 30.3 Å². The molecule has 1 atom stereocenters. The van der Waals surface area contributed by atoms with Crippen molar-refractivity contribution in [2.75, 3.05) is 19.7 Å². The third kappa shape index (κ3) is 5.03. The van der Waals surface area contributed by atoms with E-state index in [2.05, 4.69) is 53.0 Å². The first-order valence-electron chi connectivity index (χ1n) is 8.88. The zero-order valence-electron chi connectivity index (χ0n) is 14.9. The Bertz CT molecular complexity index is 705. The van der Waals surface area contributed by atoms with E-state index in [1.165, 1.54) is 5.56 Å². The van der Waals surface area contributed by atoms with E-state index < -0.39 is 0 Å². The number of nitrogens with zero attached hydrogens (tertiary/aromatic N) is 2. The van der Waals surface area contributed by atoms with Gasteiger partial charge >= 0.3 is 0 Å². The molecule has 2 heterocycles. The van der Waals surface area contributed by atoms with E-state index >= 15 is 0 Å². The molecule has 134 valence electrons. The molecule has 0 radical (unpaired) electrons. The molecule has 6 heteroatoms. The number of nitrogens with one attached hydrogen (secondary N) is 2. The Morgan fingerprint density at radius 1 is 1.28 bits per heavy atom. The van der Waals surface area contributed by atoms with Crippen molar-refractivity contribution < 1.29 is 4.74 Å². The fraction of sp³-hybridized carbons (Fsp3) is 0.474. The van der Waals surface area contributed by atoms with Gasteiger partial charge in [-0.25, -0.2) is 4.68 Å². The average Bonchev–Trinajstić information content (AvgIpc) is 3.23. The highest BCUT2D eigenvalue weighted by molar-refractivity contribution is 7.80. The van der Waals surface area contributed by atoms with Gasteiger partial charge in [0.2, 0.25) is 0 Å². The van der Waals surface area contributed by atoms with E-state index in [9.17, 15) is 0 Å². The summed E-state index contributed by atoms with van der Waals surface area (Å²) in [4.78, 5) is 0. The minimum Gasteiger partial charge on any atom is -0.376 e. The summed E-state index contributed by atoms with van der Waals surface area (Å²) in [5, 5.41) is 11.7.